The number of anilines is 2. The maximum atomic E-state index is 12.9. The zero-order valence-corrected chi connectivity index (χ0v) is 16.1. The van der Waals surface area contributed by atoms with Gasteiger partial charge in [0.25, 0.3) is 5.91 Å². The van der Waals surface area contributed by atoms with Gasteiger partial charge < -0.3 is 5.32 Å². The number of nitrogens with zero attached hydrogens (tertiary/aromatic N) is 1. The summed E-state index contributed by atoms with van der Waals surface area (Å²) in [5.41, 5.74) is 2.61. The molecule has 1 saturated heterocycles. The third-order valence-electron chi connectivity index (χ3n) is 5.95. The number of carbonyl (C=O) groups is 3. The normalized spacial score (nSPS) is 24.2. The van der Waals surface area contributed by atoms with E-state index in [9.17, 15) is 14.4 Å². The van der Waals surface area contributed by atoms with Crippen LogP contribution in [-0.4, -0.2) is 17.7 Å². The molecule has 1 aliphatic carbocycles. The molecule has 2 aliphatic rings. The van der Waals surface area contributed by atoms with Crippen molar-refractivity contribution in [1.29, 1.82) is 0 Å². The molecule has 28 heavy (non-hydrogen) atoms. The summed E-state index contributed by atoms with van der Waals surface area (Å²) in [4.78, 5) is 39.8. The first-order valence-corrected chi connectivity index (χ1v) is 9.80. The summed E-state index contributed by atoms with van der Waals surface area (Å²) >= 11 is 0. The van der Waals surface area contributed by atoms with Gasteiger partial charge in [0.05, 0.1) is 17.5 Å². The van der Waals surface area contributed by atoms with E-state index in [1.165, 1.54) is 4.90 Å². The molecule has 0 radical (unpaired) electrons. The summed E-state index contributed by atoms with van der Waals surface area (Å²) in [7, 11) is 0. The van der Waals surface area contributed by atoms with Crippen molar-refractivity contribution in [3.63, 3.8) is 0 Å². The first-order valence-electron chi connectivity index (χ1n) is 9.80. The monoisotopic (exact) mass is 376 g/mol. The number of aryl methyl sites for hydroxylation is 1. The fraction of sp³-hybridized carbons (Fsp3) is 0.348. The Morgan fingerprint density at radius 3 is 2.54 bits per heavy atom. The minimum absolute atomic E-state index is 0.127. The van der Waals surface area contributed by atoms with Gasteiger partial charge in [-0.2, -0.15) is 0 Å². The van der Waals surface area contributed by atoms with E-state index < -0.39 is 0 Å². The van der Waals surface area contributed by atoms with Crippen LogP contribution in [0.3, 0.4) is 0 Å². The number of imide groups is 1. The van der Waals surface area contributed by atoms with Crippen LogP contribution >= 0.6 is 0 Å². The number of amides is 3. The number of fused-ring (bicyclic) bond motifs is 1. The second kappa shape index (κ2) is 7.23. The Bertz CT molecular complexity index is 952. The van der Waals surface area contributed by atoms with Crippen LogP contribution in [0.1, 0.15) is 42.1 Å². The highest BCUT2D eigenvalue weighted by molar-refractivity contribution is 6.22. The third-order valence-corrected chi connectivity index (χ3v) is 5.95. The fourth-order valence-electron chi connectivity index (χ4n) is 4.34. The summed E-state index contributed by atoms with van der Waals surface area (Å²) in [5, 5.41) is 2.90. The zero-order valence-electron chi connectivity index (χ0n) is 16.1. The lowest BCUT2D eigenvalue weighted by atomic mass is 9.76. The van der Waals surface area contributed by atoms with Crippen LogP contribution in [0.5, 0.6) is 0 Å². The highest BCUT2D eigenvalue weighted by Gasteiger charge is 2.50. The Balaban J connectivity index is 1.59. The Hall–Kier alpha value is -2.95. The van der Waals surface area contributed by atoms with Gasteiger partial charge in [0.15, 0.2) is 0 Å². The van der Waals surface area contributed by atoms with Gasteiger partial charge in [0.2, 0.25) is 11.8 Å². The highest BCUT2D eigenvalue weighted by Crippen LogP contribution is 2.42. The van der Waals surface area contributed by atoms with Crippen molar-refractivity contribution >= 4 is 29.1 Å². The van der Waals surface area contributed by atoms with E-state index >= 15 is 0 Å². The first-order chi connectivity index (χ1) is 13.5. The molecule has 144 valence electrons. The molecule has 1 aliphatic heterocycles. The SMILES string of the molecule is Cc1ccccc1NC(=O)c1cccc(N2C(=O)[C@H]3CC[C@H](C)C[C@@H]3C2=O)c1. The zero-order chi connectivity index (χ0) is 19.8. The van der Waals surface area contributed by atoms with Crippen molar-refractivity contribution in [3.8, 4) is 0 Å². The van der Waals surface area contributed by atoms with Crippen LogP contribution in [0.15, 0.2) is 48.5 Å². The van der Waals surface area contributed by atoms with Gasteiger partial charge in [-0.15, -0.1) is 0 Å². The summed E-state index contributed by atoms with van der Waals surface area (Å²) < 4.78 is 0. The molecule has 0 aromatic heterocycles. The summed E-state index contributed by atoms with van der Waals surface area (Å²) in [6.45, 7) is 4.06. The largest absolute Gasteiger partial charge is 0.322 e. The molecule has 3 amide bonds. The standard InChI is InChI=1S/C23H24N2O3/c1-14-10-11-18-19(12-14)23(28)25(22(18)27)17-8-5-7-16(13-17)21(26)24-20-9-4-3-6-15(20)2/h3-9,13-14,18-19H,10-12H2,1-2H3,(H,24,26)/t14-,18-,19-/m0/s1. The lowest BCUT2D eigenvalue weighted by Gasteiger charge is -2.25. The van der Waals surface area contributed by atoms with Crippen molar-refractivity contribution in [2.75, 3.05) is 10.2 Å². The summed E-state index contributed by atoms with van der Waals surface area (Å²) in [5.74, 6) is -0.490. The van der Waals surface area contributed by atoms with Crippen LogP contribution in [0, 0.1) is 24.7 Å². The number of carbonyl (C=O) groups excluding carboxylic acids is 3. The van der Waals surface area contributed by atoms with Gasteiger partial charge in [-0.05, 0) is 61.9 Å². The van der Waals surface area contributed by atoms with E-state index in [2.05, 4.69) is 12.2 Å². The average molecular weight is 376 g/mol. The Morgan fingerprint density at radius 2 is 1.75 bits per heavy atom. The van der Waals surface area contributed by atoms with E-state index in [1.807, 2.05) is 31.2 Å². The Kier molecular flexibility index (Phi) is 4.75. The van der Waals surface area contributed by atoms with Crippen molar-refractivity contribution in [1.82, 2.24) is 0 Å². The van der Waals surface area contributed by atoms with Crippen molar-refractivity contribution in [2.24, 2.45) is 17.8 Å². The number of benzene rings is 2. The van der Waals surface area contributed by atoms with Crippen LogP contribution in [0.4, 0.5) is 11.4 Å². The molecular weight excluding hydrogens is 352 g/mol. The van der Waals surface area contributed by atoms with E-state index in [4.69, 9.17) is 0 Å². The van der Waals surface area contributed by atoms with Gasteiger partial charge in [-0.3, -0.25) is 19.3 Å². The summed E-state index contributed by atoms with van der Waals surface area (Å²) in [6, 6.07) is 14.3. The maximum Gasteiger partial charge on any atom is 0.255 e. The average Bonchev–Trinajstić information content (AvgIpc) is 2.93. The summed E-state index contributed by atoms with van der Waals surface area (Å²) in [6.07, 6.45) is 2.51. The van der Waals surface area contributed by atoms with Crippen LogP contribution in [0.25, 0.3) is 0 Å². The van der Waals surface area contributed by atoms with Gasteiger partial charge in [0, 0.05) is 11.3 Å². The molecule has 0 unspecified atom stereocenters. The van der Waals surface area contributed by atoms with Crippen molar-refractivity contribution in [3.05, 3.63) is 59.7 Å². The Morgan fingerprint density at radius 1 is 1.00 bits per heavy atom. The van der Waals surface area contributed by atoms with E-state index in [1.54, 1.807) is 24.3 Å². The number of hydrogen-bond acceptors (Lipinski definition) is 3. The molecule has 3 atom stereocenters. The minimum Gasteiger partial charge on any atom is -0.322 e. The topological polar surface area (TPSA) is 66.5 Å². The third kappa shape index (κ3) is 3.21. The first kappa shape index (κ1) is 18.4. The van der Waals surface area contributed by atoms with Crippen molar-refractivity contribution in [2.45, 2.75) is 33.1 Å². The molecule has 0 spiro atoms. The molecule has 1 N–H and O–H groups in total. The number of nitrogens with one attached hydrogen (secondary N) is 1. The second-order valence-corrected chi connectivity index (χ2v) is 7.96. The smallest absolute Gasteiger partial charge is 0.255 e. The van der Waals surface area contributed by atoms with Crippen molar-refractivity contribution < 1.29 is 14.4 Å². The molecule has 1 heterocycles. The molecular formula is C23H24N2O3. The second-order valence-electron chi connectivity index (χ2n) is 7.96. The molecule has 2 fully saturated rings. The molecule has 2 aromatic carbocycles. The van der Waals surface area contributed by atoms with E-state index in [0.717, 1.165) is 30.5 Å². The number of para-hydroxylation sites is 1. The molecule has 4 rings (SSSR count). The predicted molar refractivity (Wildman–Crippen MR) is 108 cm³/mol. The van der Waals surface area contributed by atoms with Gasteiger partial charge >= 0.3 is 0 Å². The van der Waals surface area contributed by atoms with E-state index in [0.29, 0.717) is 17.2 Å². The number of hydrogen-bond donors (Lipinski definition) is 1. The molecule has 2 aromatic rings. The van der Waals surface area contributed by atoms with Crippen LogP contribution < -0.4 is 10.2 Å². The predicted octanol–water partition coefficient (Wildman–Crippen LogP) is 4.17. The maximum absolute atomic E-state index is 12.9. The molecule has 5 heteroatoms. The number of rotatable bonds is 3. The van der Waals surface area contributed by atoms with Gasteiger partial charge in [-0.1, -0.05) is 31.2 Å². The van der Waals surface area contributed by atoms with E-state index in [-0.39, 0.29) is 29.6 Å². The quantitative estimate of drug-likeness (QED) is 0.818. The van der Waals surface area contributed by atoms with Crippen LogP contribution in [-0.2, 0) is 9.59 Å². The van der Waals surface area contributed by atoms with Gasteiger partial charge in [0.1, 0.15) is 0 Å². The lowest BCUT2D eigenvalue weighted by molar-refractivity contribution is -0.122. The molecule has 1 saturated carbocycles. The van der Waals surface area contributed by atoms with Gasteiger partial charge in [-0.25, -0.2) is 0 Å². The highest BCUT2D eigenvalue weighted by atomic mass is 16.2. The minimum atomic E-state index is -0.263. The Labute approximate surface area is 164 Å². The lowest BCUT2D eigenvalue weighted by Crippen LogP contribution is -2.31. The molecule has 0 bridgehead atoms. The van der Waals surface area contributed by atoms with Crippen LogP contribution in [0.2, 0.25) is 0 Å². The fourth-order valence-corrected chi connectivity index (χ4v) is 4.34. The molecule has 5 nitrogen and oxygen atoms in total.